The maximum Gasteiger partial charge on any atom is 0.317 e. The Morgan fingerprint density at radius 3 is 2.49 bits per heavy atom. The number of nitrogens with one attached hydrogen (secondary N) is 2. The van der Waals surface area contributed by atoms with Gasteiger partial charge < -0.3 is 20.1 Å². The number of hydrogen-bond acceptors (Lipinski definition) is 4. The Morgan fingerprint density at radius 2 is 1.80 bits per heavy atom. The number of carbonyl (C=O) groups is 1. The van der Waals surface area contributed by atoms with Gasteiger partial charge in [-0.3, -0.25) is 0 Å². The van der Waals surface area contributed by atoms with Crippen molar-refractivity contribution in [1.82, 2.24) is 25.2 Å². The molecule has 2 amide bonds. The number of anilines is 1. The second-order valence-electron chi connectivity index (χ2n) is 8.56. The molecule has 1 atom stereocenters. The highest BCUT2D eigenvalue weighted by atomic mass is 19.1. The quantitative estimate of drug-likeness (QED) is 0.437. The van der Waals surface area contributed by atoms with Gasteiger partial charge in [-0.15, -0.1) is 6.42 Å². The molecule has 1 saturated heterocycles. The first-order valence-corrected chi connectivity index (χ1v) is 11.5. The fourth-order valence-corrected chi connectivity index (χ4v) is 4.31. The Bertz CT molecular complexity index is 1380. The van der Waals surface area contributed by atoms with Crippen molar-refractivity contribution in [3.05, 3.63) is 77.9 Å². The van der Waals surface area contributed by atoms with Gasteiger partial charge in [-0.05, 0) is 48.4 Å². The number of rotatable bonds is 4. The number of halogens is 1. The van der Waals surface area contributed by atoms with E-state index < -0.39 is 0 Å². The molecule has 2 aromatic carbocycles. The molecule has 2 aromatic heterocycles. The number of piperazine rings is 1. The number of aromatic nitrogens is 3. The van der Waals surface area contributed by atoms with Gasteiger partial charge in [0.2, 0.25) is 0 Å². The van der Waals surface area contributed by atoms with Crippen LogP contribution in [0.3, 0.4) is 0 Å². The molecule has 0 spiro atoms. The second-order valence-corrected chi connectivity index (χ2v) is 8.56. The van der Waals surface area contributed by atoms with E-state index in [0.29, 0.717) is 26.2 Å². The first-order valence-electron chi connectivity index (χ1n) is 11.5. The predicted molar refractivity (Wildman–Crippen MR) is 134 cm³/mol. The molecule has 3 heterocycles. The van der Waals surface area contributed by atoms with Gasteiger partial charge in [0.1, 0.15) is 23.6 Å². The van der Waals surface area contributed by atoms with Crippen molar-refractivity contribution < 1.29 is 9.18 Å². The van der Waals surface area contributed by atoms with Crippen LogP contribution in [0, 0.1) is 18.2 Å². The van der Waals surface area contributed by atoms with E-state index in [1.54, 1.807) is 23.4 Å². The summed E-state index contributed by atoms with van der Waals surface area (Å²) in [5.41, 5.74) is 4.42. The molecule has 1 aliphatic rings. The van der Waals surface area contributed by atoms with Crippen LogP contribution in [-0.4, -0.2) is 52.1 Å². The number of nitrogens with zero attached hydrogens (tertiary/aromatic N) is 4. The molecule has 1 aliphatic heterocycles. The zero-order valence-corrected chi connectivity index (χ0v) is 19.3. The summed E-state index contributed by atoms with van der Waals surface area (Å²) in [6, 6.07) is 15.7. The summed E-state index contributed by atoms with van der Waals surface area (Å²) in [5, 5.41) is 3.94. The third-order valence-corrected chi connectivity index (χ3v) is 6.34. The summed E-state index contributed by atoms with van der Waals surface area (Å²) in [5.74, 6) is 3.18. The maximum absolute atomic E-state index is 13.2. The normalized spacial score (nSPS) is 14.5. The number of urea groups is 1. The molecule has 2 N–H and O–H groups in total. The van der Waals surface area contributed by atoms with Crippen molar-refractivity contribution in [1.29, 1.82) is 0 Å². The number of fused-ring (bicyclic) bond motifs is 1. The van der Waals surface area contributed by atoms with Gasteiger partial charge in [0.25, 0.3) is 0 Å². The first-order chi connectivity index (χ1) is 17.0. The number of benzene rings is 2. The molecule has 8 heteroatoms. The number of aromatic amines is 1. The van der Waals surface area contributed by atoms with Gasteiger partial charge >= 0.3 is 6.03 Å². The van der Waals surface area contributed by atoms with Gasteiger partial charge in [0.15, 0.2) is 0 Å². The van der Waals surface area contributed by atoms with E-state index in [1.165, 1.54) is 12.1 Å². The second kappa shape index (κ2) is 9.47. The SMILES string of the molecule is C#Cc1ccc(-c2cc3c(N4CCN(C(=O)N[C@@H](C)c5ccc(F)cc5)CC4)ncnc3[nH]2)cc1. The van der Waals surface area contributed by atoms with E-state index in [4.69, 9.17) is 6.42 Å². The standard InChI is InChI=1S/C27H25FN6O/c1-3-19-4-6-21(7-5-19)24-16-23-25(32-24)29-17-30-26(23)33-12-14-34(15-13-33)27(35)31-18(2)20-8-10-22(28)11-9-20/h1,4-11,16-18H,12-15H2,2H3,(H,31,35)(H,29,30,32)/t18-/m0/s1. The average molecular weight is 469 g/mol. The minimum absolute atomic E-state index is 0.131. The van der Waals surface area contributed by atoms with E-state index >= 15 is 0 Å². The Labute approximate surface area is 203 Å². The van der Waals surface area contributed by atoms with Crippen molar-refractivity contribution in [2.75, 3.05) is 31.1 Å². The summed E-state index contributed by atoms with van der Waals surface area (Å²) in [6.07, 6.45) is 7.02. The molecule has 4 aromatic rings. The molecule has 0 unspecified atom stereocenters. The topological polar surface area (TPSA) is 77.2 Å². The lowest BCUT2D eigenvalue weighted by molar-refractivity contribution is 0.191. The summed E-state index contributed by atoms with van der Waals surface area (Å²) >= 11 is 0. The molecule has 176 valence electrons. The van der Waals surface area contributed by atoms with E-state index in [9.17, 15) is 9.18 Å². The third-order valence-electron chi connectivity index (χ3n) is 6.34. The Balaban J connectivity index is 1.26. The predicted octanol–water partition coefficient (Wildman–Crippen LogP) is 4.34. The van der Waals surface area contributed by atoms with Crippen LogP contribution in [0.4, 0.5) is 15.0 Å². The number of H-pyrrole nitrogens is 1. The molecule has 5 rings (SSSR count). The lowest BCUT2D eigenvalue weighted by Crippen LogP contribution is -2.52. The maximum atomic E-state index is 13.2. The van der Waals surface area contributed by atoms with Crippen LogP contribution in [0.25, 0.3) is 22.3 Å². The van der Waals surface area contributed by atoms with E-state index in [2.05, 4.69) is 37.2 Å². The van der Waals surface area contributed by atoms with Crippen molar-refractivity contribution in [2.24, 2.45) is 0 Å². The molecular formula is C27H25FN6O. The monoisotopic (exact) mass is 468 g/mol. The fraction of sp³-hybridized carbons (Fsp3) is 0.222. The van der Waals surface area contributed by atoms with Crippen molar-refractivity contribution in [3.63, 3.8) is 0 Å². The van der Waals surface area contributed by atoms with E-state index in [-0.39, 0.29) is 17.9 Å². The minimum Gasteiger partial charge on any atom is -0.352 e. The van der Waals surface area contributed by atoms with Crippen LogP contribution in [0.5, 0.6) is 0 Å². The number of amides is 2. The smallest absolute Gasteiger partial charge is 0.317 e. The number of carbonyl (C=O) groups excluding carboxylic acids is 1. The van der Waals surface area contributed by atoms with Crippen LogP contribution in [-0.2, 0) is 0 Å². The number of hydrogen-bond donors (Lipinski definition) is 2. The highest BCUT2D eigenvalue weighted by Crippen LogP contribution is 2.29. The van der Waals surface area contributed by atoms with Crippen molar-refractivity contribution >= 4 is 22.9 Å². The van der Waals surface area contributed by atoms with Crippen molar-refractivity contribution in [2.45, 2.75) is 13.0 Å². The van der Waals surface area contributed by atoms with Crippen LogP contribution >= 0.6 is 0 Å². The molecule has 0 aliphatic carbocycles. The number of terminal acetylenes is 1. The highest BCUT2D eigenvalue weighted by molar-refractivity contribution is 5.92. The van der Waals surface area contributed by atoms with Gasteiger partial charge in [0, 0.05) is 37.4 Å². The molecule has 35 heavy (non-hydrogen) atoms. The van der Waals surface area contributed by atoms with Crippen LogP contribution < -0.4 is 10.2 Å². The van der Waals surface area contributed by atoms with Crippen LogP contribution in [0.15, 0.2) is 60.9 Å². The summed E-state index contributed by atoms with van der Waals surface area (Å²) < 4.78 is 13.2. The Morgan fingerprint density at radius 1 is 1.09 bits per heavy atom. The largest absolute Gasteiger partial charge is 0.352 e. The lowest BCUT2D eigenvalue weighted by Gasteiger charge is -2.36. The minimum atomic E-state index is -0.293. The Hall–Kier alpha value is -4.38. The van der Waals surface area contributed by atoms with Crippen molar-refractivity contribution in [3.8, 4) is 23.6 Å². The van der Waals surface area contributed by atoms with E-state index in [0.717, 1.165) is 39.2 Å². The van der Waals surface area contributed by atoms with Gasteiger partial charge in [-0.1, -0.05) is 30.2 Å². The fourth-order valence-electron chi connectivity index (χ4n) is 4.31. The molecule has 7 nitrogen and oxygen atoms in total. The zero-order valence-electron chi connectivity index (χ0n) is 19.3. The third kappa shape index (κ3) is 4.66. The molecule has 0 saturated carbocycles. The first kappa shape index (κ1) is 22.4. The molecule has 0 radical (unpaired) electrons. The van der Waals surface area contributed by atoms with Gasteiger partial charge in [-0.2, -0.15) is 0 Å². The average Bonchev–Trinajstić information content (AvgIpc) is 3.34. The highest BCUT2D eigenvalue weighted by Gasteiger charge is 2.24. The van der Waals surface area contributed by atoms with Gasteiger partial charge in [0.05, 0.1) is 11.4 Å². The van der Waals surface area contributed by atoms with Crippen LogP contribution in [0.2, 0.25) is 0 Å². The van der Waals surface area contributed by atoms with E-state index in [1.807, 2.05) is 31.2 Å². The molecular weight excluding hydrogens is 443 g/mol. The summed E-state index contributed by atoms with van der Waals surface area (Å²) in [6.45, 7) is 4.34. The zero-order chi connectivity index (χ0) is 24.4. The summed E-state index contributed by atoms with van der Waals surface area (Å²) in [7, 11) is 0. The molecule has 0 bridgehead atoms. The van der Waals surface area contributed by atoms with Gasteiger partial charge in [-0.25, -0.2) is 19.2 Å². The summed E-state index contributed by atoms with van der Waals surface area (Å²) in [4.78, 5) is 29.1. The van der Waals surface area contributed by atoms with Crippen LogP contribution in [0.1, 0.15) is 24.1 Å². The molecule has 1 fully saturated rings. The Kier molecular flexibility index (Phi) is 6.06. The lowest BCUT2D eigenvalue weighted by atomic mass is 10.1.